The number of para-hydroxylation sites is 1. The summed E-state index contributed by atoms with van der Waals surface area (Å²) in [7, 11) is 0. The molecule has 2 aromatic heterocycles. The first-order chi connectivity index (χ1) is 9.18. The number of amides is 1. The van der Waals surface area contributed by atoms with Crippen LogP contribution >= 0.6 is 0 Å². The summed E-state index contributed by atoms with van der Waals surface area (Å²) < 4.78 is 1.38. The van der Waals surface area contributed by atoms with Crippen LogP contribution in [0.1, 0.15) is 10.5 Å². The Balaban J connectivity index is 2.28. The number of nitrogens with zero attached hydrogens (tertiary/aromatic N) is 4. The van der Waals surface area contributed by atoms with Crippen LogP contribution in [-0.4, -0.2) is 25.9 Å². The van der Waals surface area contributed by atoms with Crippen molar-refractivity contribution in [2.45, 2.75) is 0 Å². The van der Waals surface area contributed by atoms with E-state index in [4.69, 9.17) is 11.5 Å². The summed E-state index contributed by atoms with van der Waals surface area (Å²) in [5.41, 5.74) is 12.5. The van der Waals surface area contributed by atoms with Gasteiger partial charge < -0.3 is 11.5 Å². The monoisotopic (exact) mass is 254 g/mol. The van der Waals surface area contributed by atoms with Gasteiger partial charge in [0.25, 0.3) is 5.91 Å². The van der Waals surface area contributed by atoms with Crippen molar-refractivity contribution in [3.63, 3.8) is 0 Å². The van der Waals surface area contributed by atoms with Crippen molar-refractivity contribution in [1.29, 1.82) is 0 Å². The van der Waals surface area contributed by atoms with Crippen LogP contribution in [0.15, 0.2) is 36.5 Å². The van der Waals surface area contributed by atoms with Crippen molar-refractivity contribution < 1.29 is 4.79 Å². The molecule has 19 heavy (non-hydrogen) atoms. The maximum Gasteiger partial charge on any atom is 0.273 e. The zero-order valence-electron chi connectivity index (χ0n) is 9.82. The van der Waals surface area contributed by atoms with Gasteiger partial charge in [-0.2, -0.15) is 4.68 Å². The molecule has 4 N–H and O–H groups in total. The Labute approximate surface area is 107 Å². The van der Waals surface area contributed by atoms with E-state index in [1.807, 2.05) is 24.3 Å². The second kappa shape index (κ2) is 4.05. The average molecular weight is 254 g/mol. The SMILES string of the molecule is NC(=O)c1nnn(-c2ccnc3ccccc23)c1N. The molecular weight excluding hydrogens is 244 g/mol. The van der Waals surface area contributed by atoms with Gasteiger partial charge in [0.05, 0.1) is 11.2 Å². The first kappa shape index (κ1) is 11.1. The minimum Gasteiger partial charge on any atom is -0.382 e. The van der Waals surface area contributed by atoms with Gasteiger partial charge in [-0.15, -0.1) is 5.10 Å². The van der Waals surface area contributed by atoms with E-state index in [0.29, 0.717) is 5.69 Å². The zero-order chi connectivity index (χ0) is 13.4. The van der Waals surface area contributed by atoms with Gasteiger partial charge in [0.2, 0.25) is 0 Å². The molecule has 3 aromatic rings. The maximum atomic E-state index is 11.1. The van der Waals surface area contributed by atoms with Gasteiger partial charge in [-0.25, -0.2) is 0 Å². The van der Waals surface area contributed by atoms with E-state index in [9.17, 15) is 4.79 Å². The van der Waals surface area contributed by atoms with E-state index in [1.165, 1.54) is 4.68 Å². The van der Waals surface area contributed by atoms with Crippen LogP contribution in [0, 0.1) is 0 Å². The number of hydrogen-bond donors (Lipinski definition) is 2. The molecule has 0 atom stereocenters. The third-order valence-electron chi connectivity index (χ3n) is 2.79. The lowest BCUT2D eigenvalue weighted by Gasteiger charge is -2.06. The molecular formula is C12H10N6O. The largest absolute Gasteiger partial charge is 0.382 e. The standard InChI is InChI=1S/C12H10N6O/c13-11-10(12(14)19)16-17-18(11)9-5-6-15-8-4-2-1-3-7(8)9/h1-6H,13H2,(H2,14,19). The number of nitrogens with two attached hydrogens (primary N) is 2. The number of hydrogen-bond acceptors (Lipinski definition) is 5. The normalized spacial score (nSPS) is 10.7. The molecule has 1 amide bonds. The summed E-state index contributed by atoms with van der Waals surface area (Å²) in [5.74, 6) is -0.592. The Morgan fingerprint density at radius 2 is 2.00 bits per heavy atom. The van der Waals surface area contributed by atoms with E-state index in [1.54, 1.807) is 12.3 Å². The molecule has 0 aliphatic heterocycles. The number of nitrogen functional groups attached to an aromatic ring is 1. The summed E-state index contributed by atoms with van der Waals surface area (Å²) in [4.78, 5) is 15.4. The molecule has 0 radical (unpaired) electrons. The van der Waals surface area contributed by atoms with Crippen molar-refractivity contribution in [3.8, 4) is 5.69 Å². The number of carbonyl (C=O) groups excluding carboxylic acids is 1. The number of aromatic nitrogens is 4. The van der Waals surface area contributed by atoms with Crippen LogP contribution < -0.4 is 11.5 Å². The van der Waals surface area contributed by atoms with Crippen LogP contribution in [-0.2, 0) is 0 Å². The highest BCUT2D eigenvalue weighted by Crippen LogP contribution is 2.22. The Morgan fingerprint density at radius 1 is 1.21 bits per heavy atom. The summed E-state index contributed by atoms with van der Waals surface area (Å²) in [6.07, 6.45) is 1.64. The zero-order valence-corrected chi connectivity index (χ0v) is 9.82. The molecule has 3 rings (SSSR count). The lowest BCUT2D eigenvalue weighted by molar-refractivity contribution is 0.0996. The molecule has 0 bridgehead atoms. The molecule has 0 unspecified atom stereocenters. The highest BCUT2D eigenvalue weighted by atomic mass is 16.1. The molecule has 1 aromatic carbocycles. The second-order valence-electron chi connectivity index (χ2n) is 3.95. The van der Waals surface area contributed by atoms with Crippen molar-refractivity contribution in [3.05, 3.63) is 42.2 Å². The Bertz CT molecular complexity index is 773. The number of pyridine rings is 1. The molecule has 0 spiro atoms. The number of anilines is 1. The van der Waals surface area contributed by atoms with Gasteiger partial charge in [0.15, 0.2) is 11.5 Å². The predicted molar refractivity (Wildman–Crippen MR) is 69.6 cm³/mol. The summed E-state index contributed by atoms with van der Waals surface area (Å²) in [6.45, 7) is 0. The third-order valence-corrected chi connectivity index (χ3v) is 2.79. The highest BCUT2D eigenvalue weighted by molar-refractivity contribution is 5.96. The van der Waals surface area contributed by atoms with Crippen LogP contribution in [0.5, 0.6) is 0 Å². The van der Waals surface area contributed by atoms with Crippen LogP contribution in [0.4, 0.5) is 5.82 Å². The molecule has 7 heteroatoms. The number of benzene rings is 1. The molecule has 0 saturated heterocycles. The topological polar surface area (TPSA) is 113 Å². The second-order valence-corrected chi connectivity index (χ2v) is 3.95. The summed E-state index contributed by atoms with van der Waals surface area (Å²) in [5, 5.41) is 8.42. The van der Waals surface area contributed by atoms with Crippen LogP contribution in [0.3, 0.4) is 0 Å². The number of rotatable bonds is 2. The number of fused-ring (bicyclic) bond motifs is 1. The van der Waals surface area contributed by atoms with Crippen LogP contribution in [0.25, 0.3) is 16.6 Å². The maximum absolute atomic E-state index is 11.1. The fraction of sp³-hybridized carbons (Fsp3) is 0. The minimum atomic E-state index is -0.706. The van der Waals surface area contributed by atoms with E-state index in [2.05, 4.69) is 15.3 Å². The average Bonchev–Trinajstić information content (AvgIpc) is 2.80. The Kier molecular flexibility index (Phi) is 2.38. The van der Waals surface area contributed by atoms with Gasteiger partial charge in [0.1, 0.15) is 0 Å². The van der Waals surface area contributed by atoms with Gasteiger partial charge in [-0.3, -0.25) is 9.78 Å². The van der Waals surface area contributed by atoms with Gasteiger partial charge in [-0.1, -0.05) is 23.4 Å². The van der Waals surface area contributed by atoms with E-state index in [0.717, 1.165) is 10.9 Å². The molecule has 7 nitrogen and oxygen atoms in total. The first-order valence-corrected chi connectivity index (χ1v) is 5.53. The van der Waals surface area contributed by atoms with Crippen molar-refractivity contribution >= 4 is 22.6 Å². The molecule has 0 fully saturated rings. The molecule has 94 valence electrons. The van der Waals surface area contributed by atoms with Gasteiger partial charge in [-0.05, 0) is 12.1 Å². The fourth-order valence-electron chi connectivity index (χ4n) is 1.91. The highest BCUT2D eigenvalue weighted by Gasteiger charge is 2.16. The molecule has 0 aliphatic rings. The van der Waals surface area contributed by atoms with Gasteiger partial charge in [0, 0.05) is 11.6 Å². The molecule has 2 heterocycles. The summed E-state index contributed by atoms with van der Waals surface area (Å²) in [6, 6.07) is 9.29. The smallest absolute Gasteiger partial charge is 0.273 e. The minimum absolute atomic E-state index is 0.0408. The van der Waals surface area contributed by atoms with Crippen LogP contribution in [0.2, 0.25) is 0 Å². The fourth-order valence-corrected chi connectivity index (χ4v) is 1.91. The first-order valence-electron chi connectivity index (χ1n) is 5.53. The summed E-state index contributed by atoms with van der Waals surface area (Å²) >= 11 is 0. The number of carbonyl (C=O) groups is 1. The van der Waals surface area contributed by atoms with Crippen molar-refractivity contribution in [2.24, 2.45) is 5.73 Å². The van der Waals surface area contributed by atoms with E-state index < -0.39 is 5.91 Å². The van der Waals surface area contributed by atoms with Gasteiger partial charge >= 0.3 is 0 Å². The third kappa shape index (κ3) is 1.68. The lowest BCUT2D eigenvalue weighted by atomic mass is 10.2. The quantitative estimate of drug-likeness (QED) is 0.691. The van der Waals surface area contributed by atoms with E-state index >= 15 is 0 Å². The van der Waals surface area contributed by atoms with Crippen molar-refractivity contribution in [2.75, 3.05) is 5.73 Å². The predicted octanol–water partition coefficient (Wildman–Crippen LogP) is 0.497. The van der Waals surface area contributed by atoms with Crippen molar-refractivity contribution in [1.82, 2.24) is 20.0 Å². The molecule has 0 saturated carbocycles. The Hall–Kier alpha value is -2.96. The molecule has 0 aliphatic carbocycles. The van der Waals surface area contributed by atoms with E-state index in [-0.39, 0.29) is 11.5 Å². The lowest BCUT2D eigenvalue weighted by Crippen LogP contribution is -2.14. The Morgan fingerprint density at radius 3 is 2.74 bits per heavy atom. The number of primary amides is 1.